The minimum Gasteiger partial charge on any atom is -0.478 e. The number of carboxylic acid groups (broad SMARTS) is 1. The van der Waals surface area contributed by atoms with Gasteiger partial charge in [-0.05, 0) is 20.3 Å². The Morgan fingerprint density at radius 2 is 2.00 bits per heavy atom. The van der Waals surface area contributed by atoms with E-state index < -0.39 is 5.97 Å². The van der Waals surface area contributed by atoms with Crippen molar-refractivity contribution >= 4 is 5.97 Å². The fraction of sp³-hybridized carbons (Fsp3) is 0.500. The van der Waals surface area contributed by atoms with Crippen LogP contribution in [0.3, 0.4) is 0 Å². The molecule has 0 aliphatic heterocycles. The van der Waals surface area contributed by atoms with Crippen LogP contribution in [0, 0.1) is 0 Å². The molecule has 74 valence electrons. The van der Waals surface area contributed by atoms with Gasteiger partial charge in [-0.15, -0.1) is 0 Å². The van der Waals surface area contributed by atoms with Crippen LogP contribution in [0.5, 0.6) is 0 Å². The summed E-state index contributed by atoms with van der Waals surface area (Å²) in [4.78, 5) is 10.6. The number of aliphatic carboxylic acids is 1. The Morgan fingerprint density at radius 1 is 1.46 bits per heavy atom. The second kappa shape index (κ2) is 5.41. The molecule has 0 bridgehead atoms. The molecule has 0 atom stereocenters. The Kier molecular flexibility index (Phi) is 4.89. The number of allylic oxidation sites excluding steroid dienone is 1. The summed E-state index contributed by atoms with van der Waals surface area (Å²) < 4.78 is 0. The molecule has 0 radical (unpaired) electrons. The van der Waals surface area contributed by atoms with Crippen LogP contribution in [0.15, 0.2) is 23.4 Å². The highest BCUT2D eigenvalue weighted by atomic mass is 16.4. The molecule has 3 heteroatoms. The van der Waals surface area contributed by atoms with Crippen molar-refractivity contribution < 1.29 is 9.90 Å². The molecule has 0 aromatic rings. The van der Waals surface area contributed by atoms with Crippen molar-refractivity contribution in [2.75, 3.05) is 6.54 Å². The van der Waals surface area contributed by atoms with Gasteiger partial charge in [-0.2, -0.15) is 0 Å². The van der Waals surface area contributed by atoms with E-state index in [1.165, 1.54) is 0 Å². The zero-order valence-electron chi connectivity index (χ0n) is 8.48. The first-order valence-corrected chi connectivity index (χ1v) is 4.30. The Hall–Kier alpha value is -1.25. The molecular weight excluding hydrogens is 166 g/mol. The molecule has 0 saturated carbocycles. The van der Waals surface area contributed by atoms with E-state index in [9.17, 15) is 4.79 Å². The Morgan fingerprint density at radius 3 is 2.31 bits per heavy atom. The maximum Gasteiger partial charge on any atom is 0.333 e. The molecule has 0 aliphatic rings. The van der Waals surface area contributed by atoms with Crippen molar-refractivity contribution in [2.45, 2.75) is 27.2 Å². The second-order valence-electron chi connectivity index (χ2n) is 3.07. The average Bonchev–Trinajstić information content (AvgIpc) is 2.04. The summed E-state index contributed by atoms with van der Waals surface area (Å²) in [6.45, 7) is 9.79. The van der Waals surface area contributed by atoms with Crippen LogP contribution in [0.4, 0.5) is 0 Å². The molecule has 0 aliphatic carbocycles. The smallest absolute Gasteiger partial charge is 0.333 e. The SMILES string of the molecule is C=C(C)CN/C(CC)=C(\C)C(=O)O. The van der Waals surface area contributed by atoms with Gasteiger partial charge in [0.05, 0.1) is 5.57 Å². The summed E-state index contributed by atoms with van der Waals surface area (Å²) in [5, 5.41) is 11.8. The maximum atomic E-state index is 10.6. The zero-order valence-corrected chi connectivity index (χ0v) is 8.48. The molecule has 2 N–H and O–H groups in total. The van der Waals surface area contributed by atoms with Crippen molar-refractivity contribution in [1.82, 2.24) is 5.32 Å². The van der Waals surface area contributed by atoms with Gasteiger partial charge in [-0.25, -0.2) is 4.79 Å². The van der Waals surface area contributed by atoms with Crippen molar-refractivity contribution in [1.29, 1.82) is 0 Å². The van der Waals surface area contributed by atoms with Gasteiger partial charge in [0.2, 0.25) is 0 Å². The molecule has 0 heterocycles. The van der Waals surface area contributed by atoms with Crippen LogP contribution in [0.25, 0.3) is 0 Å². The molecule has 0 fully saturated rings. The third-order valence-electron chi connectivity index (χ3n) is 1.73. The van der Waals surface area contributed by atoms with Crippen LogP contribution in [-0.4, -0.2) is 17.6 Å². The summed E-state index contributed by atoms with van der Waals surface area (Å²) in [5.41, 5.74) is 2.14. The van der Waals surface area contributed by atoms with Crippen LogP contribution in [0.2, 0.25) is 0 Å². The first-order chi connectivity index (χ1) is 5.99. The molecule has 3 nitrogen and oxygen atoms in total. The van der Waals surface area contributed by atoms with Gasteiger partial charge in [-0.1, -0.05) is 19.1 Å². The first kappa shape index (κ1) is 11.8. The summed E-state index contributed by atoms with van der Waals surface area (Å²) in [6, 6.07) is 0. The topological polar surface area (TPSA) is 49.3 Å². The fourth-order valence-electron chi connectivity index (χ4n) is 0.909. The van der Waals surface area contributed by atoms with Crippen molar-refractivity contribution in [3.63, 3.8) is 0 Å². The summed E-state index contributed by atoms with van der Waals surface area (Å²) in [7, 11) is 0. The average molecular weight is 183 g/mol. The van der Waals surface area contributed by atoms with E-state index in [2.05, 4.69) is 11.9 Å². The molecule has 0 saturated heterocycles. The number of hydrogen-bond donors (Lipinski definition) is 2. The van der Waals surface area contributed by atoms with Crippen LogP contribution in [0.1, 0.15) is 27.2 Å². The summed E-state index contributed by atoms with van der Waals surface area (Å²) in [6.07, 6.45) is 0.700. The molecule has 0 aromatic heterocycles. The monoisotopic (exact) mass is 183 g/mol. The van der Waals surface area contributed by atoms with Gasteiger partial charge < -0.3 is 10.4 Å². The summed E-state index contributed by atoms with van der Waals surface area (Å²) >= 11 is 0. The predicted molar refractivity (Wildman–Crippen MR) is 53.4 cm³/mol. The molecule has 0 unspecified atom stereocenters. The molecule has 0 rings (SSSR count). The number of rotatable bonds is 5. The highest BCUT2D eigenvalue weighted by Crippen LogP contribution is 2.05. The lowest BCUT2D eigenvalue weighted by atomic mass is 10.2. The van der Waals surface area contributed by atoms with Crippen molar-refractivity contribution in [3.05, 3.63) is 23.4 Å². The van der Waals surface area contributed by atoms with Crippen LogP contribution in [-0.2, 0) is 4.79 Å². The fourth-order valence-corrected chi connectivity index (χ4v) is 0.909. The van der Waals surface area contributed by atoms with Crippen molar-refractivity contribution in [2.24, 2.45) is 0 Å². The quantitative estimate of drug-likeness (QED) is 0.505. The molecule has 0 spiro atoms. The minimum atomic E-state index is -0.869. The highest BCUT2D eigenvalue weighted by molar-refractivity contribution is 5.86. The lowest BCUT2D eigenvalue weighted by Gasteiger charge is -2.10. The lowest BCUT2D eigenvalue weighted by Crippen LogP contribution is -2.18. The van der Waals surface area contributed by atoms with E-state index in [0.29, 0.717) is 18.5 Å². The zero-order chi connectivity index (χ0) is 10.4. The van der Waals surface area contributed by atoms with Gasteiger partial charge in [0.1, 0.15) is 0 Å². The molecule has 0 amide bonds. The van der Waals surface area contributed by atoms with Crippen LogP contribution >= 0.6 is 0 Å². The van der Waals surface area contributed by atoms with Crippen molar-refractivity contribution in [3.8, 4) is 0 Å². The van der Waals surface area contributed by atoms with E-state index in [1.54, 1.807) is 6.92 Å². The first-order valence-electron chi connectivity index (χ1n) is 4.30. The van der Waals surface area contributed by atoms with Gasteiger partial charge in [-0.3, -0.25) is 0 Å². The van der Waals surface area contributed by atoms with Gasteiger partial charge in [0.25, 0.3) is 0 Å². The molecule has 0 aromatic carbocycles. The third kappa shape index (κ3) is 4.35. The minimum absolute atomic E-state index is 0.378. The standard InChI is InChI=1S/C10H17NO2/c1-5-9(8(4)10(12)13)11-6-7(2)3/h11H,2,5-6H2,1,3-4H3,(H,12,13)/b9-8+. The number of nitrogens with one attached hydrogen (secondary N) is 1. The van der Waals surface area contributed by atoms with E-state index in [0.717, 1.165) is 11.3 Å². The van der Waals surface area contributed by atoms with Gasteiger partial charge in [0, 0.05) is 12.2 Å². The Balaban J connectivity index is 4.41. The van der Waals surface area contributed by atoms with E-state index >= 15 is 0 Å². The predicted octanol–water partition coefficient (Wildman–Crippen LogP) is 1.92. The van der Waals surface area contributed by atoms with Gasteiger partial charge in [0.15, 0.2) is 0 Å². The van der Waals surface area contributed by atoms with E-state index in [-0.39, 0.29) is 0 Å². The number of hydrogen-bond acceptors (Lipinski definition) is 2. The largest absolute Gasteiger partial charge is 0.478 e. The van der Waals surface area contributed by atoms with Crippen LogP contribution < -0.4 is 5.32 Å². The van der Waals surface area contributed by atoms with Gasteiger partial charge >= 0.3 is 5.97 Å². The highest BCUT2D eigenvalue weighted by Gasteiger charge is 2.06. The Labute approximate surface area is 79.2 Å². The normalized spacial score (nSPS) is 11.9. The number of carboxylic acids is 1. The summed E-state index contributed by atoms with van der Waals surface area (Å²) in [5.74, 6) is -0.869. The second-order valence-corrected chi connectivity index (χ2v) is 3.07. The molecular formula is C10H17NO2. The Bertz CT molecular complexity index is 241. The number of carbonyl (C=O) groups is 1. The lowest BCUT2D eigenvalue weighted by molar-refractivity contribution is -0.132. The third-order valence-corrected chi connectivity index (χ3v) is 1.73. The van der Waals surface area contributed by atoms with E-state index in [1.807, 2.05) is 13.8 Å². The molecule has 13 heavy (non-hydrogen) atoms. The van der Waals surface area contributed by atoms with E-state index in [4.69, 9.17) is 5.11 Å². The maximum absolute atomic E-state index is 10.6.